The van der Waals surface area contributed by atoms with E-state index in [1.54, 1.807) is 0 Å². The first kappa shape index (κ1) is 15.0. The molecule has 3 heterocycles. The van der Waals surface area contributed by atoms with Gasteiger partial charge in [-0.25, -0.2) is 15.0 Å². The monoisotopic (exact) mass is 299 g/mol. The fraction of sp³-hybridized carbons (Fsp3) is 0.588. The normalized spacial score (nSPS) is 18.9. The molecule has 22 heavy (non-hydrogen) atoms. The van der Waals surface area contributed by atoms with Crippen LogP contribution in [0.15, 0.2) is 24.7 Å². The summed E-state index contributed by atoms with van der Waals surface area (Å²) >= 11 is 0. The Labute approximate surface area is 132 Å². The molecule has 1 fully saturated rings. The molecule has 1 atom stereocenters. The molecule has 0 radical (unpaired) electrons. The van der Waals surface area contributed by atoms with Gasteiger partial charge in [-0.1, -0.05) is 20.8 Å². The summed E-state index contributed by atoms with van der Waals surface area (Å²) in [4.78, 5) is 16.0. The van der Waals surface area contributed by atoms with Gasteiger partial charge in [-0.3, -0.25) is 0 Å². The molecular formula is C17H25N5. The molecule has 1 aliphatic rings. The maximum Gasteiger partial charge on any atom is 0.135 e. The molecule has 0 aliphatic carbocycles. The van der Waals surface area contributed by atoms with Crippen molar-refractivity contribution in [2.45, 2.75) is 58.5 Å². The summed E-state index contributed by atoms with van der Waals surface area (Å²) in [5.74, 6) is 3.04. The molecule has 1 unspecified atom stereocenters. The van der Waals surface area contributed by atoms with Crippen LogP contribution < -0.4 is 4.90 Å². The van der Waals surface area contributed by atoms with Gasteiger partial charge in [-0.05, 0) is 25.8 Å². The number of rotatable bonds is 3. The van der Waals surface area contributed by atoms with Crippen LogP contribution >= 0.6 is 0 Å². The van der Waals surface area contributed by atoms with E-state index in [1.807, 2.05) is 18.5 Å². The number of hydrogen-bond acceptors (Lipinski definition) is 4. The van der Waals surface area contributed by atoms with E-state index in [1.165, 1.54) is 12.8 Å². The second-order valence-electron chi connectivity index (χ2n) is 7.10. The highest BCUT2D eigenvalue weighted by Gasteiger charge is 2.27. The van der Waals surface area contributed by atoms with Gasteiger partial charge in [0.1, 0.15) is 17.5 Å². The fourth-order valence-electron chi connectivity index (χ4n) is 3.02. The molecule has 0 spiro atoms. The average molecular weight is 299 g/mol. The van der Waals surface area contributed by atoms with E-state index in [-0.39, 0.29) is 5.41 Å². The SMILES string of the molecule is Cc1nccn1CC1CCCN1c1ccnc(C(C)(C)C)n1. The average Bonchev–Trinajstić information content (AvgIpc) is 3.09. The highest BCUT2D eigenvalue weighted by atomic mass is 15.3. The third kappa shape index (κ3) is 2.98. The molecule has 0 aromatic carbocycles. The van der Waals surface area contributed by atoms with Gasteiger partial charge in [0.15, 0.2) is 0 Å². The van der Waals surface area contributed by atoms with Gasteiger partial charge in [0, 0.05) is 43.1 Å². The van der Waals surface area contributed by atoms with E-state index in [0.29, 0.717) is 6.04 Å². The molecule has 0 bridgehead atoms. The van der Waals surface area contributed by atoms with Crippen molar-refractivity contribution in [1.29, 1.82) is 0 Å². The zero-order chi connectivity index (χ0) is 15.7. The van der Waals surface area contributed by atoms with Gasteiger partial charge >= 0.3 is 0 Å². The quantitative estimate of drug-likeness (QED) is 0.874. The Morgan fingerprint density at radius 2 is 2.05 bits per heavy atom. The van der Waals surface area contributed by atoms with Crippen molar-refractivity contribution in [3.05, 3.63) is 36.3 Å². The Morgan fingerprint density at radius 1 is 1.23 bits per heavy atom. The van der Waals surface area contributed by atoms with Crippen molar-refractivity contribution >= 4 is 5.82 Å². The third-order valence-corrected chi connectivity index (χ3v) is 4.31. The summed E-state index contributed by atoms with van der Waals surface area (Å²) < 4.78 is 2.23. The maximum absolute atomic E-state index is 4.82. The van der Waals surface area contributed by atoms with Crippen molar-refractivity contribution in [3.8, 4) is 0 Å². The zero-order valence-corrected chi connectivity index (χ0v) is 14.0. The smallest absolute Gasteiger partial charge is 0.135 e. The number of anilines is 1. The molecular weight excluding hydrogens is 274 g/mol. The molecule has 0 amide bonds. The van der Waals surface area contributed by atoms with Gasteiger partial charge in [-0.2, -0.15) is 0 Å². The summed E-state index contributed by atoms with van der Waals surface area (Å²) in [5.41, 5.74) is -0.0217. The third-order valence-electron chi connectivity index (χ3n) is 4.31. The van der Waals surface area contributed by atoms with Gasteiger partial charge in [0.2, 0.25) is 0 Å². The topological polar surface area (TPSA) is 46.8 Å². The number of hydrogen-bond donors (Lipinski definition) is 0. The number of aryl methyl sites for hydroxylation is 1. The van der Waals surface area contributed by atoms with Gasteiger partial charge < -0.3 is 9.47 Å². The highest BCUT2D eigenvalue weighted by molar-refractivity contribution is 5.40. The van der Waals surface area contributed by atoms with Gasteiger partial charge in [0.25, 0.3) is 0 Å². The Kier molecular flexibility index (Phi) is 3.89. The number of nitrogens with zero attached hydrogens (tertiary/aromatic N) is 5. The van der Waals surface area contributed by atoms with Crippen LogP contribution in [0.5, 0.6) is 0 Å². The predicted octanol–water partition coefficient (Wildman–Crippen LogP) is 2.95. The summed E-state index contributed by atoms with van der Waals surface area (Å²) in [7, 11) is 0. The van der Waals surface area contributed by atoms with E-state index in [0.717, 1.165) is 30.6 Å². The van der Waals surface area contributed by atoms with Gasteiger partial charge in [-0.15, -0.1) is 0 Å². The highest BCUT2D eigenvalue weighted by Crippen LogP contribution is 2.27. The molecule has 0 N–H and O–H groups in total. The first-order chi connectivity index (χ1) is 10.4. The first-order valence-electron chi connectivity index (χ1n) is 8.03. The first-order valence-corrected chi connectivity index (χ1v) is 8.03. The number of imidazole rings is 1. The minimum atomic E-state index is -0.0217. The second-order valence-corrected chi connectivity index (χ2v) is 7.10. The fourth-order valence-corrected chi connectivity index (χ4v) is 3.02. The molecule has 0 saturated carbocycles. The van der Waals surface area contributed by atoms with E-state index >= 15 is 0 Å². The maximum atomic E-state index is 4.82. The second kappa shape index (κ2) is 5.71. The molecule has 1 saturated heterocycles. The predicted molar refractivity (Wildman–Crippen MR) is 88.1 cm³/mol. The lowest BCUT2D eigenvalue weighted by atomic mass is 9.96. The van der Waals surface area contributed by atoms with Crippen molar-refractivity contribution in [3.63, 3.8) is 0 Å². The van der Waals surface area contributed by atoms with Crippen molar-refractivity contribution < 1.29 is 0 Å². The van der Waals surface area contributed by atoms with Crippen LogP contribution in [-0.2, 0) is 12.0 Å². The zero-order valence-electron chi connectivity index (χ0n) is 14.0. The van der Waals surface area contributed by atoms with Crippen LogP contribution in [0.3, 0.4) is 0 Å². The van der Waals surface area contributed by atoms with Crippen molar-refractivity contribution in [2.24, 2.45) is 0 Å². The van der Waals surface area contributed by atoms with Crippen LogP contribution in [0.1, 0.15) is 45.3 Å². The lowest BCUT2D eigenvalue weighted by molar-refractivity contribution is 0.526. The summed E-state index contributed by atoms with van der Waals surface area (Å²) in [6.45, 7) is 10.6. The standard InChI is InChI=1S/C17H25N5/c1-13-18-9-11-21(13)12-14-6-5-10-22(14)15-7-8-19-16(20-15)17(2,3)4/h7-9,11,14H,5-6,10,12H2,1-4H3. The molecule has 2 aromatic rings. The van der Waals surface area contributed by atoms with E-state index < -0.39 is 0 Å². The van der Waals surface area contributed by atoms with Crippen LogP contribution in [0.2, 0.25) is 0 Å². The van der Waals surface area contributed by atoms with E-state index in [2.05, 4.69) is 53.3 Å². The summed E-state index contributed by atoms with van der Waals surface area (Å²) in [5, 5.41) is 0. The van der Waals surface area contributed by atoms with Crippen molar-refractivity contribution in [1.82, 2.24) is 19.5 Å². The molecule has 3 rings (SSSR count). The minimum absolute atomic E-state index is 0.0217. The lowest BCUT2D eigenvalue weighted by Crippen LogP contribution is -2.34. The van der Waals surface area contributed by atoms with E-state index in [9.17, 15) is 0 Å². The summed E-state index contributed by atoms with van der Waals surface area (Å²) in [6.07, 6.45) is 8.24. The van der Waals surface area contributed by atoms with Crippen molar-refractivity contribution in [2.75, 3.05) is 11.4 Å². The van der Waals surface area contributed by atoms with Gasteiger partial charge in [0.05, 0.1) is 0 Å². The van der Waals surface area contributed by atoms with Crippen LogP contribution in [-0.4, -0.2) is 32.1 Å². The molecule has 118 valence electrons. The van der Waals surface area contributed by atoms with Crippen LogP contribution in [0.25, 0.3) is 0 Å². The number of aromatic nitrogens is 4. The Hall–Kier alpha value is -1.91. The molecule has 5 nitrogen and oxygen atoms in total. The van der Waals surface area contributed by atoms with Crippen LogP contribution in [0, 0.1) is 6.92 Å². The Morgan fingerprint density at radius 3 is 2.73 bits per heavy atom. The Balaban J connectivity index is 1.83. The van der Waals surface area contributed by atoms with E-state index in [4.69, 9.17) is 4.98 Å². The van der Waals surface area contributed by atoms with Crippen LogP contribution in [0.4, 0.5) is 5.82 Å². The molecule has 2 aromatic heterocycles. The largest absolute Gasteiger partial charge is 0.352 e. The molecule has 1 aliphatic heterocycles. The lowest BCUT2D eigenvalue weighted by Gasteiger charge is -2.27. The minimum Gasteiger partial charge on any atom is -0.352 e. The Bertz CT molecular complexity index is 640. The molecule has 5 heteroatoms. The summed E-state index contributed by atoms with van der Waals surface area (Å²) in [6, 6.07) is 2.52.